The Balaban J connectivity index is 1.42. The third-order valence-electron chi connectivity index (χ3n) is 6.31. The van der Waals surface area contributed by atoms with Crippen LogP contribution in [0.25, 0.3) is 0 Å². The van der Waals surface area contributed by atoms with E-state index in [-0.39, 0.29) is 5.92 Å². The maximum absolute atomic E-state index is 12.7. The van der Waals surface area contributed by atoms with Crippen molar-refractivity contribution in [1.82, 2.24) is 29.2 Å². The molecule has 0 spiro atoms. The second kappa shape index (κ2) is 7.82. The number of aromatic nitrogens is 5. The van der Waals surface area contributed by atoms with Gasteiger partial charge in [0.2, 0.25) is 5.91 Å². The first-order valence-corrected chi connectivity index (χ1v) is 10.3. The van der Waals surface area contributed by atoms with E-state index >= 15 is 0 Å². The van der Waals surface area contributed by atoms with Crippen LogP contribution >= 0.6 is 0 Å². The zero-order valence-corrected chi connectivity index (χ0v) is 16.5. The van der Waals surface area contributed by atoms with Crippen molar-refractivity contribution in [3.8, 4) is 0 Å². The number of hydrogen-bond acceptors (Lipinski definition) is 4. The third kappa shape index (κ3) is 3.92. The highest BCUT2D eigenvalue weighted by atomic mass is 16.2. The fraction of sp³-hybridized carbons (Fsp3) is 0.700. The van der Waals surface area contributed by atoms with Crippen LogP contribution in [0.2, 0.25) is 0 Å². The number of rotatable bonds is 5. The summed E-state index contributed by atoms with van der Waals surface area (Å²) in [6, 6.07) is 0. The lowest BCUT2D eigenvalue weighted by atomic mass is 9.95. The minimum absolute atomic E-state index is 0.279. The molecule has 146 valence electrons. The fourth-order valence-corrected chi connectivity index (χ4v) is 4.60. The second-order valence-corrected chi connectivity index (χ2v) is 8.17. The van der Waals surface area contributed by atoms with Gasteiger partial charge in [0.15, 0.2) is 5.82 Å². The molecule has 4 rings (SSSR count). The SMILES string of the molecule is Cc1nccn1Cc1nnc(C2CCCN(C(=O)CC3CCCC3)C2)n1C. The van der Waals surface area contributed by atoms with Crippen molar-refractivity contribution in [3.05, 3.63) is 29.9 Å². The molecule has 7 nitrogen and oxygen atoms in total. The molecule has 7 heteroatoms. The van der Waals surface area contributed by atoms with Gasteiger partial charge >= 0.3 is 0 Å². The number of likely N-dealkylation sites (tertiary alicyclic amines) is 1. The van der Waals surface area contributed by atoms with E-state index in [0.717, 1.165) is 49.8 Å². The predicted octanol–water partition coefficient (Wildman–Crippen LogP) is 2.65. The fourth-order valence-electron chi connectivity index (χ4n) is 4.60. The van der Waals surface area contributed by atoms with Crippen molar-refractivity contribution in [2.75, 3.05) is 13.1 Å². The molecule has 2 aromatic heterocycles. The van der Waals surface area contributed by atoms with Crippen LogP contribution in [0.4, 0.5) is 0 Å². The van der Waals surface area contributed by atoms with Crippen molar-refractivity contribution in [2.45, 2.75) is 64.3 Å². The van der Waals surface area contributed by atoms with Gasteiger partial charge in [-0.25, -0.2) is 4.98 Å². The Kier molecular flexibility index (Phi) is 5.27. The average molecular weight is 371 g/mol. The molecule has 1 unspecified atom stereocenters. The quantitative estimate of drug-likeness (QED) is 0.811. The number of imidazole rings is 1. The van der Waals surface area contributed by atoms with Gasteiger partial charge < -0.3 is 14.0 Å². The van der Waals surface area contributed by atoms with Gasteiger partial charge in [-0.15, -0.1) is 10.2 Å². The van der Waals surface area contributed by atoms with E-state index in [4.69, 9.17) is 0 Å². The molecule has 27 heavy (non-hydrogen) atoms. The van der Waals surface area contributed by atoms with Crippen LogP contribution in [0.3, 0.4) is 0 Å². The van der Waals surface area contributed by atoms with Crippen LogP contribution in [0.15, 0.2) is 12.4 Å². The van der Waals surface area contributed by atoms with Gasteiger partial charge in [-0.05, 0) is 38.5 Å². The monoisotopic (exact) mass is 370 g/mol. The predicted molar refractivity (Wildman–Crippen MR) is 102 cm³/mol. The largest absolute Gasteiger partial charge is 0.342 e. The number of carbonyl (C=O) groups excluding carboxylic acids is 1. The summed E-state index contributed by atoms with van der Waals surface area (Å²) < 4.78 is 4.18. The summed E-state index contributed by atoms with van der Waals surface area (Å²) >= 11 is 0. The molecular formula is C20H30N6O. The topological polar surface area (TPSA) is 68.8 Å². The summed E-state index contributed by atoms with van der Waals surface area (Å²) in [7, 11) is 2.04. The number of hydrogen-bond donors (Lipinski definition) is 0. The number of nitrogens with zero attached hydrogens (tertiary/aromatic N) is 6. The molecule has 1 aliphatic carbocycles. The number of carbonyl (C=O) groups is 1. The van der Waals surface area contributed by atoms with E-state index < -0.39 is 0 Å². The number of aryl methyl sites for hydroxylation is 1. The molecule has 3 heterocycles. The summed E-state index contributed by atoms with van der Waals surface area (Å²) in [5, 5.41) is 8.91. The molecule has 0 bridgehead atoms. The summed E-state index contributed by atoms with van der Waals surface area (Å²) in [5.74, 6) is 4.13. The summed E-state index contributed by atoms with van der Waals surface area (Å²) in [6.07, 6.45) is 11.7. The van der Waals surface area contributed by atoms with E-state index in [1.54, 1.807) is 0 Å². The first-order valence-electron chi connectivity index (χ1n) is 10.3. The Hall–Kier alpha value is -2.18. The Bertz CT molecular complexity index is 788. The van der Waals surface area contributed by atoms with Crippen molar-refractivity contribution in [1.29, 1.82) is 0 Å². The van der Waals surface area contributed by atoms with E-state index in [0.29, 0.717) is 18.4 Å². The lowest BCUT2D eigenvalue weighted by Gasteiger charge is -2.33. The van der Waals surface area contributed by atoms with Crippen LogP contribution < -0.4 is 0 Å². The maximum atomic E-state index is 12.7. The number of piperidine rings is 1. The average Bonchev–Trinajstić information content (AvgIpc) is 3.40. The smallest absolute Gasteiger partial charge is 0.222 e. The van der Waals surface area contributed by atoms with Crippen LogP contribution in [-0.2, 0) is 18.4 Å². The zero-order chi connectivity index (χ0) is 18.8. The summed E-state index contributed by atoms with van der Waals surface area (Å²) in [5.41, 5.74) is 0. The Morgan fingerprint density at radius 2 is 2.00 bits per heavy atom. The van der Waals surface area contributed by atoms with Gasteiger partial charge in [-0.3, -0.25) is 4.79 Å². The third-order valence-corrected chi connectivity index (χ3v) is 6.31. The standard InChI is InChI=1S/C20H30N6O/c1-15-21-9-11-25(15)14-18-22-23-20(24(18)2)17-8-5-10-26(13-17)19(27)12-16-6-3-4-7-16/h9,11,16-17H,3-8,10,12-14H2,1-2H3. The van der Waals surface area contributed by atoms with Gasteiger partial charge in [0.25, 0.3) is 0 Å². The highest BCUT2D eigenvalue weighted by Gasteiger charge is 2.30. The molecule has 2 aromatic rings. The molecule has 2 fully saturated rings. The first-order chi connectivity index (χ1) is 13.1. The summed E-state index contributed by atoms with van der Waals surface area (Å²) in [4.78, 5) is 19.1. The molecule has 1 amide bonds. The van der Waals surface area contributed by atoms with Crippen LogP contribution in [-0.4, -0.2) is 48.2 Å². The second-order valence-electron chi connectivity index (χ2n) is 8.17. The molecule has 0 aromatic carbocycles. The lowest BCUT2D eigenvalue weighted by molar-refractivity contribution is -0.133. The molecule has 1 saturated carbocycles. The van der Waals surface area contributed by atoms with Crippen molar-refractivity contribution < 1.29 is 4.79 Å². The molecule has 1 aliphatic heterocycles. The normalized spacial score (nSPS) is 21.1. The molecule has 1 saturated heterocycles. The Labute approximate surface area is 160 Å². The van der Waals surface area contributed by atoms with Crippen LogP contribution in [0, 0.1) is 12.8 Å². The molecule has 1 atom stereocenters. The van der Waals surface area contributed by atoms with E-state index in [9.17, 15) is 4.79 Å². The van der Waals surface area contributed by atoms with Crippen LogP contribution in [0.1, 0.15) is 68.3 Å². The highest BCUT2D eigenvalue weighted by Crippen LogP contribution is 2.30. The van der Waals surface area contributed by atoms with E-state index in [1.807, 2.05) is 26.4 Å². The number of amides is 1. The van der Waals surface area contributed by atoms with E-state index in [1.165, 1.54) is 25.7 Å². The minimum Gasteiger partial charge on any atom is -0.342 e. The van der Waals surface area contributed by atoms with Gasteiger partial charge in [0, 0.05) is 44.9 Å². The van der Waals surface area contributed by atoms with Gasteiger partial charge in [0.05, 0.1) is 6.54 Å². The zero-order valence-electron chi connectivity index (χ0n) is 16.5. The van der Waals surface area contributed by atoms with Crippen molar-refractivity contribution in [3.63, 3.8) is 0 Å². The molecule has 0 N–H and O–H groups in total. The van der Waals surface area contributed by atoms with Crippen molar-refractivity contribution >= 4 is 5.91 Å². The molecule has 2 aliphatic rings. The Morgan fingerprint density at radius 3 is 2.74 bits per heavy atom. The molecule has 0 radical (unpaired) electrons. The highest BCUT2D eigenvalue weighted by molar-refractivity contribution is 5.76. The lowest BCUT2D eigenvalue weighted by Crippen LogP contribution is -2.40. The summed E-state index contributed by atoms with van der Waals surface area (Å²) in [6.45, 7) is 4.33. The van der Waals surface area contributed by atoms with Gasteiger partial charge in [0.1, 0.15) is 11.6 Å². The maximum Gasteiger partial charge on any atom is 0.222 e. The Morgan fingerprint density at radius 1 is 1.19 bits per heavy atom. The minimum atomic E-state index is 0.279. The van der Waals surface area contributed by atoms with Gasteiger partial charge in [-0.1, -0.05) is 12.8 Å². The first kappa shape index (κ1) is 18.2. The van der Waals surface area contributed by atoms with Crippen LogP contribution in [0.5, 0.6) is 0 Å². The van der Waals surface area contributed by atoms with Crippen molar-refractivity contribution in [2.24, 2.45) is 13.0 Å². The van der Waals surface area contributed by atoms with Gasteiger partial charge in [-0.2, -0.15) is 0 Å². The van der Waals surface area contributed by atoms with E-state index in [2.05, 4.69) is 29.2 Å². The molecular weight excluding hydrogens is 340 g/mol.